The average Bonchev–Trinajstić information content (AvgIpc) is 3.30. The number of aliphatic imine (C=N–C) groups is 1. The van der Waals surface area contributed by atoms with Crippen molar-refractivity contribution in [2.24, 2.45) is 4.99 Å². The number of hydrogen-bond donors (Lipinski definition) is 1. The molecule has 0 bridgehead atoms. The Balaban J connectivity index is 1.44. The van der Waals surface area contributed by atoms with E-state index in [2.05, 4.69) is 26.9 Å². The van der Waals surface area contributed by atoms with Crippen LogP contribution in [0.25, 0.3) is 0 Å². The Kier molecular flexibility index (Phi) is 6.51. The zero-order valence-electron chi connectivity index (χ0n) is 17.1. The van der Waals surface area contributed by atoms with Gasteiger partial charge in [-0.05, 0) is 43.2 Å². The number of benzene rings is 1. The zero-order valence-corrected chi connectivity index (χ0v) is 17.1. The molecule has 1 N–H and O–H groups in total. The molecule has 2 fully saturated rings. The van der Waals surface area contributed by atoms with Crippen LogP contribution in [-0.2, 0) is 9.53 Å². The molecule has 2 aliphatic rings. The predicted octanol–water partition coefficient (Wildman–Crippen LogP) is 3.41. The Labute approximate surface area is 179 Å². The first-order valence-electron chi connectivity index (χ1n) is 10.2. The van der Waals surface area contributed by atoms with Crippen molar-refractivity contribution in [2.45, 2.75) is 25.4 Å². The van der Waals surface area contributed by atoms with E-state index in [1.54, 1.807) is 4.90 Å². The lowest BCUT2D eigenvalue weighted by Gasteiger charge is -2.26. The van der Waals surface area contributed by atoms with Gasteiger partial charge in [0.1, 0.15) is 11.9 Å². The zero-order chi connectivity index (χ0) is 21.6. The van der Waals surface area contributed by atoms with Gasteiger partial charge in [0, 0.05) is 24.4 Å². The van der Waals surface area contributed by atoms with E-state index in [1.807, 2.05) is 24.3 Å². The Morgan fingerprint density at radius 1 is 1.39 bits per heavy atom. The van der Waals surface area contributed by atoms with E-state index in [1.165, 1.54) is 6.08 Å². The Morgan fingerprint density at radius 2 is 2.23 bits per heavy atom. The van der Waals surface area contributed by atoms with Gasteiger partial charge in [0.25, 0.3) is 0 Å². The standard InChI is InChI=1S/C22H24FN5O3/c1-2-20(29)28-10-3-4-16(13-28)25-21-19(23)12-24-22(27-21)26-15-5-7-17(8-6-15)31-18-9-11-30-14-18/h2,5-8,12,18H,1,3-4,9-11,13-14H2,(H,24,26,27)/t18-/m0/s1. The number of carbonyl (C=O) groups is 1. The number of anilines is 2. The van der Waals surface area contributed by atoms with Crippen LogP contribution in [0.3, 0.4) is 0 Å². The largest absolute Gasteiger partial charge is 0.488 e. The first kappa shape index (κ1) is 20.9. The van der Waals surface area contributed by atoms with Crippen LogP contribution in [0.2, 0.25) is 0 Å². The van der Waals surface area contributed by atoms with Crippen molar-refractivity contribution >= 4 is 29.1 Å². The maximum absolute atomic E-state index is 14.2. The minimum Gasteiger partial charge on any atom is -0.488 e. The molecule has 162 valence electrons. The van der Waals surface area contributed by atoms with E-state index in [0.717, 1.165) is 37.1 Å². The normalized spacial score (nSPS) is 20.0. The van der Waals surface area contributed by atoms with Crippen LogP contribution in [0.1, 0.15) is 19.3 Å². The van der Waals surface area contributed by atoms with Crippen LogP contribution < -0.4 is 10.1 Å². The van der Waals surface area contributed by atoms with Crippen molar-refractivity contribution in [1.29, 1.82) is 0 Å². The smallest absolute Gasteiger partial charge is 0.246 e. The van der Waals surface area contributed by atoms with Gasteiger partial charge in [0.05, 0.1) is 26.0 Å². The number of ether oxygens (including phenoxy) is 2. The van der Waals surface area contributed by atoms with Crippen LogP contribution in [0.15, 0.2) is 48.1 Å². The molecule has 1 aromatic carbocycles. The molecule has 0 spiro atoms. The number of nitrogens with one attached hydrogen (secondary N) is 1. The molecule has 2 saturated heterocycles. The Morgan fingerprint density at radius 3 is 2.97 bits per heavy atom. The van der Waals surface area contributed by atoms with Crippen LogP contribution >= 0.6 is 0 Å². The fourth-order valence-electron chi connectivity index (χ4n) is 3.45. The number of nitrogens with zero attached hydrogens (tertiary/aromatic N) is 4. The Bertz CT molecular complexity index is 974. The summed E-state index contributed by atoms with van der Waals surface area (Å²) in [6.45, 7) is 5.81. The summed E-state index contributed by atoms with van der Waals surface area (Å²) in [5.41, 5.74) is 1.43. The second kappa shape index (κ2) is 9.65. The summed E-state index contributed by atoms with van der Waals surface area (Å²) in [5, 5.41) is 3.05. The van der Waals surface area contributed by atoms with Gasteiger partial charge in [-0.15, -0.1) is 0 Å². The fourth-order valence-corrected chi connectivity index (χ4v) is 3.45. The van der Waals surface area contributed by atoms with Crippen molar-refractivity contribution in [1.82, 2.24) is 14.9 Å². The van der Waals surface area contributed by atoms with Crippen LogP contribution in [0.4, 0.5) is 21.8 Å². The molecule has 8 nitrogen and oxygen atoms in total. The van der Waals surface area contributed by atoms with Crippen molar-refractivity contribution in [3.05, 3.63) is 48.9 Å². The van der Waals surface area contributed by atoms with E-state index in [-0.39, 0.29) is 23.8 Å². The molecule has 1 atom stereocenters. The number of hydrogen-bond acceptors (Lipinski definition) is 7. The molecule has 9 heteroatoms. The van der Waals surface area contributed by atoms with E-state index in [9.17, 15) is 9.18 Å². The van der Waals surface area contributed by atoms with E-state index < -0.39 is 5.82 Å². The van der Waals surface area contributed by atoms with Gasteiger partial charge in [-0.1, -0.05) is 6.58 Å². The van der Waals surface area contributed by atoms with Gasteiger partial charge in [-0.3, -0.25) is 4.79 Å². The van der Waals surface area contributed by atoms with Gasteiger partial charge < -0.3 is 19.7 Å². The highest BCUT2D eigenvalue weighted by Gasteiger charge is 2.20. The maximum atomic E-state index is 14.2. The number of carbonyl (C=O) groups excluding carboxylic acids is 1. The second-order valence-corrected chi connectivity index (χ2v) is 7.36. The second-order valence-electron chi connectivity index (χ2n) is 7.36. The minimum absolute atomic E-state index is 0.0541. The summed E-state index contributed by atoms with van der Waals surface area (Å²) >= 11 is 0. The summed E-state index contributed by atoms with van der Waals surface area (Å²) in [4.78, 5) is 26.0. The molecular weight excluding hydrogens is 401 g/mol. The molecule has 31 heavy (non-hydrogen) atoms. The molecule has 0 aliphatic carbocycles. The van der Waals surface area contributed by atoms with E-state index >= 15 is 0 Å². The van der Waals surface area contributed by atoms with Crippen molar-refractivity contribution in [3.63, 3.8) is 0 Å². The van der Waals surface area contributed by atoms with Crippen molar-refractivity contribution < 1.29 is 18.7 Å². The number of halogens is 1. The van der Waals surface area contributed by atoms with Gasteiger partial charge in [-0.25, -0.2) is 14.4 Å². The van der Waals surface area contributed by atoms with Gasteiger partial charge in [0.15, 0.2) is 11.6 Å². The van der Waals surface area contributed by atoms with Gasteiger partial charge in [0.2, 0.25) is 11.9 Å². The fraction of sp³-hybridized carbons (Fsp3) is 0.364. The van der Waals surface area contributed by atoms with Crippen LogP contribution in [0, 0.1) is 5.82 Å². The SMILES string of the molecule is C=CC(=O)N1CCCC(=Nc2nc(Nc3ccc(O[C@H]4CCOC4)cc3)ncc2F)C1. The predicted molar refractivity (Wildman–Crippen MR) is 115 cm³/mol. The third-order valence-electron chi connectivity index (χ3n) is 5.04. The summed E-state index contributed by atoms with van der Waals surface area (Å²) < 4.78 is 25.4. The molecule has 4 rings (SSSR count). The maximum Gasteiger partial charge on any atom is 0.246 e. The highest BCUT2D eigenvalue weighted by atomic mass is 19.1. The highest BCUT2D eigenvalue weighted by Crippen LogP contribution is 2.23. The summed E-state index contributed by atoms with van der Waals surface area (Å²) in [5.74, 6) is 0.151. The molecule has 2 aromatic rings. The lowest BCUT2D eigenvalue weighted by Crippen LogP contribution is -2.39. The van der Waals surface area contributed by atoms with Gasteiger partial charge >= 0.3 is 0 Å². The third-order valence-corrected chi connectivity index (χ3v) is 5.04. The molecule has 2 aliphatic heterocycles. The van der Waals surface area contributed by atoms with E-state index in [4.69, 9.17) is 9.47 Å². The number of aromatic nitrogens is 2. The van der Waals surface area contributed by atoms with Gasteiger partial charge in [-0.2, -0.15) is 4.98 Å². The average molecular weight is 425 g/mol. The van der Waals surface area contributed by atoms with E-state index in [0.29, 0.717) is 31.8 Å². The van der Waals surface area contributed by atoms with Crippen molar-refractivity contribution in [3.8, 4) is 5.75 Å². The van der Waals surface area contributed by atoms with Crippen LogP contribution in [-0.4, -0.2) is 58.9 Å². The minimum atomic E-state index is -0.618. The number of likely N-dealkylation sites (tertiary alicyclic amines) is 1. The molecule has 1 aromatic heterocycles. The summed E-state index contributed by atoms with van der Waals surface area (Å²) in [6, 6.07) is 7.36. The molecule has 1 amide bonds. The topological polar surface area (TPSA) is 88.9 Å². The number of amides is 1. The first-order valence-corrected chi connectivity index (χ1v) is 10.2. The number of piperidine rings is 1. The lowest BCUT2D eigenvalue weighted by molar-refractivity contribution is -0.125. The molecule has 0 unspecified atom stereocenters. The molecular formula is C22H24FN5O3. The van der Waals surface area contributed by atoms with Crippen molar-refractivity contribution in [2.75, 3.05) is 31.6 Å². The number of rotatable bonds is 6. The molecule has 0 saturated carbocycles. The lowest BCUT2D eigenvalue weighted by atomic mass is 10.1. The monoisotopic (exact) mass is 425 g/mol. The quantitative estimate of drug-likeness (QED) is 0.714. The first-order chi connectivity index (χ1) is 15.1. The Hall–Kier alpha value is -3.33. The highest BCUT2D eigenvalue weighted by molar-refractivity contribution is 5.95. The van der Waals surface area contributed by atoms with Crippen LogP contribution in [0.5, 0.6) is 5.75 Å². The third kappa shape index (κ3) is 5.43. The summed E-state index contributed by atoms with van der Waals surface area (Å²) in [6.07, 6.45) is 4.76. The molecule has 0 radical (unpaired) electrons. The summed E-state index contributed by atoms with van der Waals surface area (Å²) in [7, 11) is 0. The molecule has 3 heterocycles.